The fourth-order valence-corrected chi connectivity index (χ4v) is 6.68. The van der Waals surface area contributed by atoms with E-state index in [1.54, 1.807) is 39.8 Å². The fourth-order valence-electron chi connectivity index (χ4n) is 6.29. The summed E-state index contributed by atoms with van der Waals surface area (Å²) in [7, 11) is 0. The Balaban J connectivity index is 0.000000155. The molecule has 3 atom stereocenters. The minimum atomic E-state index is -0.983. The first-order chi connectivity index (χ1) is 21.0. The normalized spacial score (nSPS) is 18.5. The molecule has 6 rings (SSSR count). The summed E-state index contributed by atoms with van der Waals surface area (Å²) in [6, 6.07) is 17.2. The van der Waals surface area contributed by atoms with Gasteiger partial charge < -0.3 is 25.5 Å². The average molecular weight is 682 g/mol. The predicted octanol–water partition coefficient (Wildman–Crippen LogP) is 9.93. The highest BCUT2D eigenvalue weighted by Gasteiger charge is 2.34. The molecule has 6 heteroatoms. The summed E-state index contributed by atoms with van der Waals surface area (Å²) in [6.07, 6.45) is 7.65. The van der Waals surface area contributed by atoms with Crippen LogP contribution in [-0.4, -0.2) is 25.5 Å². The maximum absolute atomic E-state index is 10.2. The van der Waals surface area contributed by atoms with Crippen LogP contribution in [0.3, 0.4) is 0 Å². The van der Waals surface area contributed by atoms with E-state index in [4.69, 9.17) is 0 Å². The Bertz CT molecular complexity index is 1360. The van der Waals surface area contributed by atoms with Gasteiger partial charge in [0.1, 0.15) is 17.2 Å². The molecular weight excluding hydrogens is 628 g/mol. The smallest absolute Gasteiger partial charge is 0.133 e. The van der Waals surface area contributed by atoms with Crippen molar-refractivity contribution in [2.45, 2.75) is 116 Å². The number of aromatic hydroxyl groups is 3. The molecule has 3 unspecified atom stereocenters. The third-order valence-corrected chi connectivity index (χ3v) is 10.6. The molecule has 3 aliphatic rings. The largest absolute Gasteiger partial charge is 0.507 e. The van der Waals surface area contributed by atoms with E-state index in [0.29, 0.717) is 46.5 Å². The number of benzene rings is 3. The summed E-state index contributed by atoms with van der Waals surface area (Å²) in [5.74, 6) is 4.46. The van der Waals surface area contributed by atoms with Crippen LogP contribution in [-0.2, 0) is 11.2 Å². The molecule has 45 heavy (non-hydrogen) atoms. The van der Waals surface area contributed by atoms with E-state index in [2.05, 4.69) is 36.7 Å². The van der Waals surface area contributed by atoms with Crippen LogP contribution in [0.2, 0.25) is 0 Å². The molecule has 5 N–H and O–H groups in total. The second kappa shape index (κ2) is 14.1. The molecule has 3 fully saturated rings. The highest BCUT2D eigenvalue weighted by molar-refractivity contribution is 9.10. The molecule has 0 amide bonds. The first-order valence-electron chi connectivity index (χ1n) is 16.6. The van der Waals surface area contributed by atoms with Gasteiger partial charge in [0.2, 0.25) is 0 Å². The van der Waals surface area contributed by atoms with Crippen LogP contribution in [0.25, 0.3) is 0 Å². The second-order valence-corrected chi connectivity index (χ2v) is 15.5. The summed E-state index contributed by atoms with van der Waals surface area (Å²) in [4.78, 5) is 0. The molecule has 5 nitrogen and oxygen atoms in total. The van der Waals surface area contributed by atoms with Gasteiger partial charge in [0.25, 0.3) is 0 Å². The second-order valence-electron chi connectivity index (χ2n) is 14.7. The molecule has 0 radical (unpaired) electrons. The highest BCUT2D eigenvalue weighted by Crippen LogP contribution is 2.48. The van der Waals surface area contributed by atoms with E-state index < -0.39 is 11.2 Å². The average Bonchev–Trinajstić information content (AvgIpc) is 3.83. The van der Waals surface area contributed by atoms with Crippen molar-refractivity contribution in [3.05, 3.63) is 86.9 Å². The van der Waals surface area contributed by atoms with Crippen LogP contribution in [0.5, 0.6) is 17.2 Å². The van der Waals surface area contributed by atoms with Gasteiger partial charge in [-0.3, -0.25) is 0 Å². The Hall–Kier alpha value is -2.54. The monoisotopic (exact) mass is 680 g/mol. The van der Waals surface area contributed by atoms with Crippen LogP contribution in [0.15, 0.2) is 59.1 Å². The topological polar surface area (TPSA) is 101 Å². The van der Waals surface area contributed by atoms with Gasteiger partial charge in [0, 0.05) is 11.1 Å². The molecule has 0 aliphatic heterocycles. The minimum Gasteiger partial charge on any atom is -0.507 e. The number of para-hydroxylation sites is 3. The van der Waals surface area contributed by atoms with Crippen LogP contribution in [0.1, 0.15) is 133 Å². The summed E-state index contributed by atoms with van der Waals surface area (Å²) >= 11 is 3.33. The summed E-state index contributed by atoms with van der Waals surface area (Å²) in [6.45, 7) is 13.3. The van der Waals surface area contributed by atoms with Crippen LogP contribution in [0.4, 0.5) is 0 Å². The van der Waals surface area contributed by atoms with E-state index in [1.807, 2.05) is 42.5 Å². The molecular formula is C39H53BrO5. The van der Waals surface area contributed by atoms with Crippen molar-refractivity contribution in [1.29, 1.82) is 0 Å². The number of hydrogen-bond donors (Lipinski definition) is 5. The van der Waals surface area contributed by atoms with Gasteiger partial charge in [-0.25, -0.2) is 0 Å². The third-order valence-electron chi connectivity index (χ3n) is 9.93. The van der Waals surface area contributed by atoms with Crippen molar-refractivity contribution < 1.29 is 25.5 Å². The molecule has 0 heterocycles. The maximum Gasteiger partial charge on any atom is 0.133 e. The maximum atomic E-state index is 10.2. The van der Waals surface area contributed by atoms with Gasteiger partial charge in [-0.2, -0.15) is 0 Å². The summed E-state index contributed by atoms with van der Waals surface area (Å²) in [5.41, 5.74) is 2.31. The van der Waals surface area contributed by atoms with Crippen molar-refractivity contribution in [3.8, 4) is 17.2 Å². The predicted molar refractivity (Wildman–Crippen MR) is 186 cm³/mol. The zero-order chi connectivity index (χ0) is 33.3. The Morgan fingerprint density at radius 3 is 1.11 bits per heavy atom. The number of rotatable bonds is 8. The zero-order valence-electron chi connectivity index (χ0n) is 28.0. The van der Waals surface area contributed by atoms with Crippen molar-refractivity contribution in [2.24, 2.45) is 17.8 Å². The van der Waals surface area contributed by atoms with Gasteiger partial charge in [0.15, 0.2) is 0 Å². The SMILES string of the molecule is CC(c1cccc(Br)c1O)C1CC1.CC(c1cccc(C(C)(C)O)c1O)C1CC1.CC(c1cccc(C(C)(C)O)c1O)C1CC1. The number of phenolic OH excluding ortho intramolecular Hbond substituents is 3. The lowest BCUT2D eigenvalue weighted by Gasteiger charge is -2.22. The van der Waals surface area contributed by atoms with Gasteiger partial charge >= 0.3 is 0 Å². The lowest BCUT2D eigenvalue weighted by Crippen LogP contribution is -2.16. The van der Waals surface area contributed by atoms with Gasteiger partial charge in [-0.05, 0) is 140 Å². The lowest BCUT2D eigenvalue weighted by atomic mass is 9.89. The molecule has 0 bridgehead atoms. The van der Waals surface area contributed by atoms with Crippen molar-refractivity contribution in [1.82, 2.24) is 0 Å². The van der Waals surface area contributed by atoms with Crippen LogP contribution < -0.4 is 0 Å². The molecule has 3 aromatic carbocycles. The standard InChI is InChI=1S/2C14H20O2.C11H13BrO/c2*1-9(10-7-8-10)11-5-4-6-12(13(11)15)14(2,3)16;1-7(8-5-6-8)9-3-2-4-10(12)11(9)13/h2*4-6,9-10,15-16H,7-8H2,1-3H3;2-4,7-8,13H,5-6H2,1H3. The van der Waals surface area contributed by atoms with Gasteiger partial charge in [-0.15, -0.1) is 0 Å². The van der Waals surface area contributed by atoms with Crippen molar-refractivity contribution >= 4 is 15.9 Å². The highest BCUT2D eigenvalue weighted by atomic mass is 79.9. The Morgan fingerprint density at radius 1 is 0.533 bits per heavy atom. The molecule has 3 aliphatic carbocycles. The summed E-state index contributed by atoms with van der Waals surface area (Å²) in [5, 5.41) is 50.2. The summed E-state index contributed by atoms with van der Waals surface area (Å²) < 4.78 is 0.803. The van der Waals surface area contributed by atoms with Gasteiger partial charge in [-0.1, -0.05) is 69.3 Å². The third kappa shape index (κ3) is 9.05. The first kappa shape index (κ1) is 35.3. The van der Waals surface area contributed by atoms with Crippen LogP contribution >= 0.6 is 15.9 Å². The number of hydrogen-bond acceptors (Lipinski definition) is 5. The Labute approximate surface area is 278 Å². The van der Waals surface area contributed by atoms with Crippen molar-refractivity contribution in [3.63, 3.8) is 0 Å². The van der Waals surface area contributed by atoms with E-state index in [0.717, 1.165) is 27.1 Å². The lowest BCUT2D eigenvalue weighted by molar-refractivity contribution is 0.0749. The fraction of sp³-hybridized carbons (Fsp3) is 0.538. The Kier molecular flexibility index (Phi) is 11.0. The number of halogens is 1. The van der Waals surface area contributed by atoms with Crippen molar-refractivity contribution in [2.75, 3.05) is 0 Å². The van der Waals surface area contributed by atoms with Gasteiger partial charge in [0.05, 0.1) is 15.7 Å². The van der Waals surface area contributed by atoms with Crippen LogP contribution in [0, 0.1) is 17.8 Å². The molecule has 0 spiro atoms. The quantitative estimate of drug-likeness (QED) is 0.163. The molecule has 0 aromatic heterocycles. The van der Waals surface area contributed by atoms with E-state index >= 15 is 0 Å². The molecule has 3 aromatic rings. The molecule has 0 saturated heterocycles. The number of aliphatic hydroxyl groups is 2. The first-order valence-corrected chi connectivity index (χ1v) is 17.4. The number of phenols is 3. The zero-order valence-corrected chi connectivity index (χ0v) is 29.6. The van der Waals surface area contributed by atoms with E-state index in [-0.39, 0.29) is 11.5 Å². The molecule has 3 saturated carbocycles. The Morgan fingerprint density at radius 2 is 0.822 bits per heavy atom. The van der Waals surface area contributed by atoms with E-state index in [9.17, 15) is 25.5 Å². The molecule has 246 valence electrons. The van der Waals surface area contributed by atoms with E-state index in [1.165, 1.54) is 38.5 Å². The minimum absolute atomic E-state index is 0.273.